The summed E-state index contributed by atoms with van der Waals surface area (Å²) in [6.45, 7) is 8.85. The molecule has 0 aliphatic rings. The van der Waals surface area contributed by atoms with Crippen molar-refractivity contribution < 1.29 is 0 Å². The number of hydrogen-bond donors (Lipinski definition) is 0. The van der Waals surface area contributed by atoms with E-state index in [0.29, 0.717) is 0 Å². The van der Waals surface area contributed by atoms with Crippen LogP contribution in [0.1, 0.15) is 0 Å². The van der Waals surface area contributed by atoms with Gasteiger partial charge in [0.05, 0.1) is 0 Å². The molecule has 0 amide bonds. The second-order valence-corrected chi connectivity index (χ2v) is 8.93. The Bertz CT molecular complexity index is 1870. The molecule has 0 nitrogen and oxygen atoms in total. The average molecular weight is 444 g/mol. The molecule has 0 aliphatic heterocycles. The van der Waals surface area contributed by atoms with Crippen molar-refractivity contribution in [1.29, 1.82) is 0 Å². The zero-order valence-electron chi connectivity index (χ0n) is 19.8. The summed E-state index contributed by atoms with van der Waals surface area (Å²) >= 11 is 0. The predicted molar refractivity (Wildman–Crippen MR) is 157 cm³/mol. The van der Waals surface area contributed by atoms with E-state index in [-0.39, 0.29) is 0 Å². The third-order valence-electron chi connectivity index (χ3n) is 6.94. The fourth-order valence-electron chi connectivity index (χ4n) is 5.37. The zero-order chi connectivity index (χ0) is 23.8. The van der Waals surface area contributed by atoms with Crippen LogP contribution in [0.3, 0.4) is 0 Å². The van der Waals surface area contributed by atoms with Gasteiger partial charge in [0, 0.05) is 0 Å². The monoisotopic (exact) mass is 444 g/mol. The van der Waals surface area contributed by atoms with Gasteiger partial charge in [0.25, 0.3) is 0 Å². The van der Waals surface area contributed by atoms with Crippen LogP contribution in [0.25, 0.3) is 67.2 Å². The first-order valence-electron chi connectivity index (χ1n) is 12.1. The van der Waals surface area contributed by atoms with Gasteiger partial charge in [-0.25, -0.2) is 0 Å². The Morgan fingerprint density at radius 3 is 1.57 bits per heavy atom. The number of hydrogen-bond acceptors (Lipinski definition) is 0. The number of benzene rings is 6. The molecule has 6 aromatic rings. The van der Waals surface area contributed by atoms with Gasteiger partial charge < -0.3 is 0 Å². The summed E-state index contributed by atoms with van der Waals surface area (Å²) in [5.41, 5.74) is 4.91. The molecule has 0 N–H and O–H groups in total. The molecule has 164 valence electrons. The molecule has 0 aromatic heterocycles. The van der Waals surface area contributed by atoms with Crippen molar-refractivity contribution in [3.05, 3.63) is 120 Å². The standard InChI is InChI=1S/C34H25B/c1-23-26(21-22-35-2)34(30-20-10-14-25-12-4-6-16-28(25)30)32-18-8-7-17-31(32)33(23)29-19-9-13-24-11-3-5-15-27(24)29/h3-22H,1H2,2H3/b26-21+. The summed E-state index contributed by atoms with van der Waals surface area (Å²) in [4.78, 5) is 0. The molecular weight excluding hydrogens is 419 g/mol. The maximum absolute atomic E-state index is 4.71. The van der Waals surface area contributed by atoms with Gasteiger partial charge in [-0.1, -0.05) is 0 Å². The van der Waals surface area contributed by atoms with E-state index < -0.39 is 0 Å². The Kier molecular flexibility index (Phi) is 5.39. The molecule has 35 heavy (non-hydrogen) atoms. The predicted octanol–water partition coefficient (Wildman–Crippen LogP) is 7.23. The summed E-state index contributed by atoms with van der Waals surface area (Å²) in [6.07, 6.45) is 2.22. The third kappa shape index (κ3) is 3.52. The van der Waals surface area contributed by atoms with E-state index in [9.17, 15) is 0 Å². The Hall–Kier alpha value is -4.23. The van der Waals surface area contributed by atoms with Crippen LogP contribution in [0.4, 0.5) is 0 Å². The minimum absolute atomic E-state index is 1.06. The van der Waals surface area contributed by atoms with E-state index in [1.54, 1.807) is 0 Å². The molecule has 0 spiro atoms. The second-order valence-electron chi connectivity index (χ2n) is 8.93. The van der Waals surface area contributed by atoms with Crippen molar-refractivity contribution >= 4 is 57.9 Å². The van der Waals surface area contributed by atoms with Gasteiger partial charge in [0.2, 0.25) is 0 Å². The van der Waals surface area contributed by atoms with Crippen molar-refractivity contribution in [2.24, 2.45) is 0 Å². The van der Waals surface area contributed by atoms with Gasteiger partial charge in [-0.15, -0.1) is 0 Å². The summed E-state index contributed by atoms with van der Waals surface area (Å²) in [5.74, 6) is 2.13. The minimum atomic E-state index is 1.06. The van der Waals surface area contributed by atoms with Crippen molar-refractivity contribution in [2.45, 2.75) is 6.82 Å². The number of fused-ring (bicyclic) bond motifs is 3. The Balaban J connectivity index is 1.84. The van der Waals surface area contributed by atoms with Crippen LogP contribution in [0, 0.1) is 0 Å². The molecule has 0 bridgehead atoms. The Morgan fingerprint density at radius 1 is 0.543 bits per heavy atom. The summed E-state index contributed by atoms with van der Waals surface area (Å²) in [5, 5.41) is 9.69. The van der Waals surface area contributed by atoms with Crippen molar-refractivity contribution in [1.82, 2.24) is 0 Å². The molecule has 0 saturated heterocycles. The summed E-state index contributed by atoms with van der Waals surface area (Å²) in [6, 6.07) is 39.2. The van der Waals surface area contributed by atoms with Crippen molar-refractivity contribution in [3.8, 4) is 22.3 Å². The molecule has 6 aromatic carbocycles. The molecule has 0 atom stereocenters. The first-order chi connectivity index (χ1) is 17.3. The van der Waals surface area contributed by atoms with E-state index in [0.717, 1.165) is 5.22 Å². The van der Waals surface area contributed by atoms with Crippen LogP contribution >= 0.6 is 0 Å². The fourth-order valence-corrected chi connectivity index (χ4v) is 5.37. The molecule has 0 aliphatic carbocycles. The molecule has 0 radical (unpaired) electrons. The molecule has 1 heteroatoms. The normalized spacial score (nSPS) is 12.1. The SMILES string of the molecule is C=c1c(-c2cccc3ccccc23)c2ccccc2c(-c2cccc3ccccc23)/c1=C/C=B\C. The van der Waals surface area contributed by atoms with Gasteiger partial charge >= 0.3 is 207 Å². The molecule has 0 fully saturated rings. The third-order valence-corrected chi connectivity index (χ3v) is 6.94. The van der Waals surface area contributed by atoms with Crippen molar-refractivity contribution in [2.75, 3.05) is 0 Å². The first kappa shape index (κ1) is 21.3. The maximum atomic E-state index is 4.71. The van der Waals surface area contributed by atoms with Crippen molar-refractivity contribution in [3.63, 3.8) is 0 Å². The van der Waals surface area contributed by atoms with E-state index in [2.05, 4.69) is 135 Å². The van der Waals surface area contributed by atoms with Crippen LogP contribution in [-0.4, -0.2) is 12.9 Å². The van der Waals surface area contributed by atoms with Gasteiger partial charge in [0.1, 0.15) is 0 Å². The van der Waals surface area contributed by atoms with Crippen LogP contribution in [0.2, 0.25) is 6.82 Å². The molecule has 0 unspecified atom stereocenters. The number of rotatable bonds is 3. The van der Waals surface area contributed by atoms with E-state index in [1.165, 1.54) is 59.8 Å². The Morgan fingerprint density at radius 2 is 1.00 bits per heavy atom. The van der Waals surface area contributed by atoms with Gasteiger partial charge in [0.15, 0.2) is 0 Å². The molecule has 6 rings (SSSR count). The second kappa shape index (κ2) is 8.85. The quantitative estimate of drug-likeness (QED) is 0.253. The van der Waals surface area contributed by atoms with Gasteiger partial charge in [-0.3, -0.25) is 0 Å². The molecule has 0 heterocycles. The van der Waals surface area contributed by atoms with Crippen LogP contribution < -0.4 is 10.4 Å². The molecule has 0 saturated carbocycles. The van der Waals surface area contributed by atoms with Crippen LogP contribution in [0.5, 0.6) is 0 Å². The fraction of sp³-hybridized carbons (Fsp3) is 0.0294. The van der Waals surface area contributed by atoms with E-state index in [1.807, 2.05) is 0 Å². The summed E-state index contributed by atoms with van der Waals surface area (Å²) < 4.78 is 0. The topological polar surface area (TPSA) is 0 Å². The van der Waals surface area contributed by atoms with Gasteiger partial charge in [-0.05, 0) is 0 Å². The van der Waals surface area contributed by atoms with Gasteiger partial charge in [-0.2, -0.15) is 0 Å². The molecular formula is C34H25B. The van der Waals surface area contributed by atoms with Crippen LogP contribution in [-0.2, 0) is 0 Å². The average Bonchev–Trinajstić information content (AvgIpc) is 2.91. The van der Waals surface area contributed by atoms with Crippen LogP contribution in [0.15, 0.2) is 109 Å². The van der Waals surface area contributed by atoms with E-state index in [4.69, 9.17) is 6.58 Å². The zero-order valence-corrected chi connectivity index (χ0v) is 19.8. The summed E-state index contributed by atoms with van der Waals surface area (Å²) in [7, 11) is 0. The Labute approximate surface area is 206 Å². The van der Waals surface area contributed by atoms with E-state index >= 15 is 0 Å². The first-order valence-corrected chi connectivity index (χ1v) is 12.1.